The smallest absolute Gasteiger partial charge is 0.251 e. The molecule has 6 heteroatoms. The van der Waals surface area contributed by atoms with Crippen molar-refractivity contribution in [1.82, 2.24) is 15.6 Å². The number of amides is 1. The maximum absolute atomic E-state index is 13.0. The Balaban J connectivity index is 1.50. The lowest BCUT2D eigenvalue weighted by Gasteiger charge is -2.46. The van der Waals surface area contributed by atoms with Gasteiger partial charge < -0.3 is 15.4 Å². The Hall–Kier alpha value is -2.89. The zero-order valence-electron chi connectivity index (χ0n) is 19.5. The molecule has 1 aromatic heterocycles. The molecular formula is C27H30ClN3O2. The van der Waals surface area contributed by atoms with E-state index in [0.717, 1.165) is 24.1 Å². The monoisotopic (exact) mass is 463 g/mol. The number of rotatable bonds is 5. The van der Waals surface area contributed by atoms with Crippen molar-refractivity contribution in [3.63, 3.8) is 0 Å². The number of halogens is 1. The molecule has 0 unspecified atom stereocenters. The first kappa shape index (κ1) is 23.3. The number of para-hydroxylation sites is 1. The molecule has 0 radical (unpaired) electrons. The maximum Gasteiger partial charge on any atom is 0.251 e. The summed E-state index contributed by atoms with van der Waals surface area (Å²) in [4.78, 5) is 17.4. The van der Waals surface area contributed by atoms with Gasteiger partial charge in [0.15, 0.2) is 0 Å². The van der Waals surface area contributed by atoms with Gasteiger partial charge in [-0.1, -0.05) is 29.8 Å². The third kappa shape index (κ3) is 5.73. The Morgan fingerprint density at radius 3 is 2.36 bits per heavy atom. The molecule has 33 heavy (non-hydrogen) atoms. The molecule has 1 aliphatic rings. The molecule has 0 saturated carbocycles. The first-order valence-electron chi connectivity index (χ1n) is 11.2. The van der Waals surface area contributed by atoms with E-state index >= 15 is 0 Å². The Bertz CT molecular complexity index is 1130. The van der Waals surface area contributed by atoms with Gasteiger partial charge in [-0.05, 0) is 83.0 Å². The Kier molecular flexibility index (Phi) is 6.46. The van der Waals surface area contributed by atoms with Crippen LogP contribution in [-0.2, 0) is 0 Å². The van der Waals surface area contributed by atoms with Gasteiger partial charge >= 0.3 is 0 Å². The van der Waals surface area contributed by atoms with Crippen LogP contribution in [0.25, 0.3) is 11.3 Å². The lowest BCUT2D eigenvalue weighted by atomic mass is 9.79. The molecule has 0 spiro atoms. The molecule has 1 amide bonds. The topological polar surface area (TPSA) is 63.2 Å². The van der Waals surface area contributed by atoms with Crippen molar-refractivity contribution in [1.29, 1.82) is 0 Å². The van der Waals surface area contributed by atoms with Crippen molar-refractivity contribution in [3.8, 4) is 22.8 Å². The van der Waals surface area contributed by atoms with Crippen molar-refractivity contribution >= 4 is 17.5 Å². The predicted octanol–water partition coefficient (Wildman–Crippen LogP) is 6.23. The number of carbonyl (C=O) groups excluding carboxylic acids is 1. The Labute approximate surface area is 200 Å². The fourth-order valence-corrected chi connectivity index (χ4v) is 5.04. The number of benzene rings is 2. The molecule has 2 N–H and O–H groups in total. The SMILES string of the molecule is CC1(C)CC(NC(=O)c2ccc(Oc3ccccc3-c3ccccn3)c(Cl)c2)CC(C)(C)N1. The van der Waals surface area contributed by atoms with E-state index in [1.54, 1.807) is 24.4 Å². The highest BCUT2D eigenvalue weighted by Crippen LogP contribution is 2.36. The van der Waals surface area contributed by atoms with E-state index in [1.165, 1.54) is 0 Å². The third-order valence-corrected chi connectivity index (χ3v) is 6.06. The van der Waals surface area contributed by atoms with Crippen molar-refractivity contribution in [3.05, 3.63) is 77.4 Å². The molecule has 2 aromatic carbocycles. The summed E-state index contributed by atoms with van der Waals surface area (Å²) in [6, 6.07) is 18.6. The molecule has 1 saturated heterocycles. The Morgan fingerprint density at radius 1 is 1.00 bits per heavy atom. The van der Waals surface area contributed by atoms with Crippen LogP contribution in [0.1, 0.15) is 50.9 Å². The van der Waals surface area contributed by atoms with Crippen LogP contribution >= 0.6 is 11.6 Å². The molecule has 1 fully saturated rings. The minimum atomic E-state index is -0.129. The number of hydrogen-bond acceptors (Lipinski definition) is 4. The summed E-state index contributed by atoms with van der Waals surface area (Å²) in [6.45, 7) is 8.66. The van der Waals surface area contributed by atoms with Gasteiger partial charge in [0.25, 0.3) is 5.91 Å². The predicted molar refractivity (Wildman–Crippen MR) is 133 cm³/mol. The van der Waals surface area contributed by atoms with Crippen LogP contribution in [0.15, 0.2) is 66.9 Å². The van der Waals surface area contributed by atoms with Crippen LogP contribution in [-0.4, -0.2) is 28.0 Å². The number of ether oxygens (including phenoxy) is 1. The summed E-state index contributed by atoms with van der Waals surface area (Å²) in [5.41, 5.74) is 2.10. The van der Waals surface area contributed by atoms with E-state index in [9.17, 15) is 4.79 Å². The van der Waals surface area contributed by atoms with Crippen LogP contribution in [0.5, 0.6) is 11.5 Å². The summed E-state index contributed by atoms with van der Waals surface area (Å²) >= 11 is 6.52. The number of aromatic nitrogens is 1. The number of nitrogens with one attached hydrogen (secondary N) is 2. The van der Waals surface area contributed by atoms with Crippen molar-refractivity contribution < 1.29 is 9.53 Å². The van der Waals surface area contributed by atoms with Gasteiger partial charge in [-0.2, -0.15) is 0 Å². The standard InChI is InChI=1S/C27H30ClN3O2/c1-26(2)16-19(17-27(3,4)31-26)30-25(32)18-12-13-24(21(28)15-18)33-23-11-6-5-9-20(23)22-10-7-8-14-29-22/h5-15,19,31H,16-17H2,1-4H3,(H,30,32). The number of nitrogens with zero attached hydrogens (tertiary/aromatic N) is 1. The lowest BCUT2D eigenvalue weighted by Crippen LogP contribution is -2.62. The second-order valence-corrected chi connectivity index (χ2v) is 10.3. The summed E-state index contributed by atoms with van der Waals surface area (Å²) in [7, 11) is 0. The van der Waals surface area contributed by atoms with Crippen LogP contribution in [0.4, 0.5) is 0 Å². The van der Waals surface area contributed by atoms with E-state index < -0.39 is 0 Å². The highest BCUT2D eigenvalue weighted by atomic mass is 35.5. The molecule has 3 aromatic rings. The Morgan fingerprint density at radius 2 is 1.70 bits per heavy atom. The fourth-order valence-electron chi connectivity index (χ4n) is 4.83. The number of hydrogen-bond donors (Lipinski definition) is 2. The first-order valence-corrected chi connectivity index (χ1v) is 11.6. The van der Waals surface area contributed by atoms with Gasteiger partial charge in [-0.25, -0.2) is 0 Å². The summed E-state index contributed by atoms with van der Waals surface area (Å²) < 4.78 is 6.12. The number of carbonyl (C=O) groups is 1. The normalized spacial score (nSPS) is 17.4. The average Bonchev–Trinajstić information content (AvgIpc) is 2.74. The summed E-state index contributed by atoms with van der Waals surface area (Å²) in [5, 5.41) is 7.20. The van der Waals surface area contributed by atoms with Crippen LogP contribution in [0.3, 0.4) is 0 Å². The summed E-state index contributed by atoms with van der Waals surface area (Å²) in [5.74, 6) is 1.01. The molecule has 4 rings (SSSR count). The van der Waals surface area contributed by atoms with Crippen molar-refractivity contribution in [2.75, 3.05) is 0 Å². The first-order chi connectivity index (χ1) is 15.6. The molecular weight excluding hydrogens is 434 g/mol. The van der Waals surface area contributed by atoms with Gasteiger partial charge in [-0.3, -0.25) is 9.78 Å². The van der Waals surface area contributed by atoms with E-state index in [1.807, 2.05) is 42.5 Å². The zero-order valence-corrected chi connectivity index (χ0v) is 20.2. The van der Waals surface area contributed by atoms with Gasteiger partial charge in [0.05, 0.1) is 10.7 Å². The van der Waals surface area contributed by atoms with E-state index in [-0.39, 0.29) is 23.0 Å². The highest BCUT2D eigenvalue weighted by Gasteiger charge is 2.38. The van der Waals surface area contributed by atoms with Gasteiger partial charge in [0.2, 0.25) is 0 Å². The maximum atomic E-state index is 13.0. The van der Waals surface area contributed by atoms with Crippen LogP contribution in [0.2, 0.25) is 5.02 Å². The lowest BCUT2D eigenvalue weighted by molar-refractivity contribution is 0.0873. The zero-order chi connectivity index (χ0) is 23.6. The molecule has 0 atom stereocenters. The molecule has 1 aliphatic heterocycles. The van der Waals surface area contributed by atoms with Gasteiger partial charge in [-0.15, -0.1) is 0 Å². The molecule has 2 heterocycles. The quantitative estimate of drug-likeness (QED) is 0.470. The average molecular weight is 464 g/mol. The third-order valence-electron chi connectivity index (χ3n) is 5.77. The second-order valence-electron chi connectivity index (χ2n) is 9.93. The van der Waals surface area contributed by atoms with E-state index in [0.29, 0.717) is 22.1 Å². The second kappa shape index (κ2) is 9.16. The largest absolute Gasteiger partial charge is 0.455 e. The minimum absolute atomic E-state index is 0.0456. The van der Waals surface area contributed by atoms with E-state index in [2.05, 4.69) is 43.3 Å². The molecule has 0 aliphatic carbocycles. The summed E-state index contributed by atoms with van der Waals surface area (Å²) in [6.07, 6.45) is 3.47. The number of piperidine rings is 1. The van der Waals surface area contributed by atoms with Crippen LogP contribution in [0, 0.1) is 0 Å². The highest BCUT2D eigenvalue weighted by molar-refractivity contribution is 6.32. The molecule has 172 valence electrons. The van der Waals surface area contributed by atoms with Gasteiger partial charge in [0.1, 0.15) is 11.5 Å². The van der Waals surface area contributed by atoms with Gasteiger partial charge in [0, 0.05) is 34.4 Å². The minimum Gasteiger partial charge on any atom is -0.455 e. The molecule has 0 bridgehead atoms. The number of pyridine rings is 1. The van der Waals surface area contributed by atoms with Crippen molar-refractivity contribution in [2.24, 2.45) is 0 Å². The fraction of sp³-hybridized carbons (Fsp3) is 0.333. The van der Waals surface area contributed by atoms with Crippen molar-refractivity contribution in [2.45, 2.75) is 57.7 Å². The molecule has 5 nitrogen and oxygen atoms in total. The van der Waals surface area contributed by atoms with Crippen LogP contribution < -0.4 is 15.4 Å². The van der Waals surface area contributed by atoms with E-state index in [4.69, 9.17) is 16.3 Å².